The molecular weight excluding hydrogens is 352 g/mol. The van der Waals surface area contributed by atoms with Gasteiger partial charge in [-0.15, -0.1) is 0 Å². The standard InChI is InChI=1S/C24H28O4/c1-2-3-4-11-16-28-24(27)22-19(17-12-7-5-8-13-17)21(23(25)26)20(22)18-14-9-6-10-15-18/h5-10,12-15,19-22H,2-4,11,16H2,1H3,(H,25,26)/t19-,20-,21?,22?/m0/s1. The number of benzene rings is 2. The number of esters is 1. The average molecular weight is 380 g/mol. The molecule has 28 heavy (non-hydrogen) atoms. The summed E-state index contributed by atoms with van der Waals surface area (Å²) >= 11 is 0. The van der Waals surface area contributed by atoms with Crippen molar-refractivity contribution >= 4 is 11.9 Å². The molecule has 148 valence electrons. The highest BCUT2D eigenvalue weighted by atomic mass is 16.5. The average Bonchev–Trinajstić information content (AvgIpc) is 2.68. The Morgan fingerprint density at radius 1 is 0.821 bits per heavy atom. The van der Waals surface area contributed by atoms with Crippen LogP contribution in [-0.2, 0) is 14.3 Å². The van der Waals surface area contributed by atoms with Gasteiger partial charge in [-0.05, 0) is 17.5 Å². The molecule has 1 fully saturated rings. The second-order valence-electron chi connectivity index (χ2n) is 7.49. The fourth-order valence-electron chi connectivity index (χ4n) is 4.33. The SMILES string of the molecule is CCCCCCOC(=O)C1[C@@H](c2ccccc2)C(C(=O)O)[C@@H]1c1ccccc1. The van der Waals surface area contributed by atoms with E-state index in [9.17, 15) is 14.7 Å². The minimum absolute atomic E-state index is 0.281. The van der Waals surface area contributed by atoms with Crippen molar-refractivity contribution in [1.29, 1.82) is 0 Å². The van der Waals surface area contributed by atoms with Gasteiger partial charge in [-0.2, -0.15) is 0 Å². The van der Waals surface area contributed by atoms with Crippen LogP contribution in [-0.4, -0.2) is 23.7 Å². The third-order valence-corrected chi connectivity index (χ3v) is 5.72. The van der Waals surface area contributed by atoms with E-state index in [2.05, 4.69) is 6.92 Å². The third-order valence-electron chi connectivity index (χ3n) is 5.72. The molecule has 0 aromatic heterocycles. The zero-order chi connectivity index (χ0) is 19.9. The van der Waals surface area contributed by atoms with Crippen LogP contribution in [0.3, 0.4) is 0 Å². The molecule has 0 heterocycles. The molecule has 2 atom stereocenters. The van der Waals surface area contributed by atoms with Crippen LogP contribution < -0.4 is 0 Å². The summed E-state index contributed by atoms with van der Waals surface area (Å²) in [6.07, 6.45) is 4.14. The third kappa shape index (κ3) is 4.27. The number of carbonyl (C=O) groups excluding carboxylic acids is 1. The second kappa shape index (κ2) is 9.54. The molecule has 1 aliphatic rings. The minimum Gasteiger partial charge on any atom is -0.481 e. The van der Waals surface area contributed by atoms with Crippen molar-refractivity contribution in [3.8, 4) is 0 Å². The first-order valence-electron chi connectivity index (χ1n) is 10.1. The fraction of sp³-hybridized carbons (Fsp3) is 0.417. The number of ether oxygens (including phenoxy) is 1. The summed E-state index contributed by atoms with van der Waals surface area (Å²) in [5, 5.41) is 9.92. The summed E-state index contributed by atoms with van der Waals surface area (Å²) in [6, 6.07) is 19.0. The molecule has 2 aromatic rings. The summed E-state index contributed by atoms with van der Waals surface area (Å²) in [4.78, 5) is 25.1. The monoisotopic (exact) mass is 380 g/mol. The molecule has 0 amide bonds. The number of rotatable bonds is 9. The first kappa shape index (κ1) is 20.1. The minimum atomic E-state index is -0.866. The van der Waals surface area contributed by atoms with E-state index in [-0.39, 0.29) is 17.8 Å². The van der Waals surface area contributed by atoms with Crippen LogP contribution in [0.15, 0.2) is 60.7 Å². The van der Waals surface area contributed by atoms with Gasteiger partial charge in [0.15, 0.2) is 0 Å². The van der Waals surface area contributed by atoms with Crippen LogP contribution in [0.25, 0.3) is 0 Å². The van der Waals surface area contributed by atoms with Crippen LogP contribution in [0, 0.1) is 11.8 Å². The molecule has 1 aliphatic carbocycles. The van der Waals surface area contributed by atoms with E-state index in [1.165, 1.54) is 0 Å². The number of hydrogen-bond acceptors (Lipinski definition) is 3. The Hall–Kier alpha value is -2.62. The maximum atomic E-state index is 13.0. The molecule has 4 heteroatoms. The van der Waals surface area contributed by atoms with Crippen LogP contribution in [0.4, 0.5) is 0 Å². The highest BCUT2D eigenvalue weighted by molar-refractivity contribution is 5.84. The maximum Gasteiger partial charge on any atom is 0.310 e. The van der Waals surface area contributed by atoms with Gasteiger partial charge in [0.2, 0.25) is 0 Å². The predicted molar refractivity (Wildman–Crippen MR) is 108 cm³/mol. The van der Waals surface area contributed by atoms with E-state index in [4.69, 9.17) is 4.74 Å². The molecule has 2 aromatic carbocycles. The summed E-state index contributed by atoms with van der Waals surface area (Å²) in [6.45, 7) is 2.54. The van der Waals surface area contributed by atoms with Crippen molar-refractivity contribution in [2.45, 2.75) is 44.4 Å². The first-order valence-corrected chi connectivity index (χ1v) is 10.1. The summed E-state index contributed by atoms with van der Waals surface area (Å²) < 4.78 is 5.59. The normalized spacial score (nSPS) is 23.6. The molecule has 1 saturated carbocycles. The number of hydrogen-bond donors (Lipinski definition) is 1. The predicted octanol–water partition coefficient (Wildman–Crippen LogP) is 5.01. The Morgan fingerprint density at radius 3 is 1.82 bits per heavy atom. The summed E-state index contributed by atoms with van der Waals surface area (Å²) in [7, 11) is 0. The Labute approximate surface area is 166 Å². The van der Waals surface area contributed by atoms with Gasteiger partial charge in [-0.3, -0.25) is 9.59 Å². The largest absolute Gasteiger partial charge is 0.481 e. The number of unbranched alkanes of at least 4 members (excludes halogenated alkanes) is 3. The van der Waals surface area contributed by atoms with Crippen LogP contribution in [0.5, 0.6) is 0 Å². The quantitative estimate of drug-likeness (QED) is 0.491. The second-order valence-corrected chi connectivity index (χ2v) is 7.49. The van der Waals surface area contributed by atoms with E-state index < -0.39 is 17.8 Å². The molecule has 0 unspecified atom stereocenters. The van der Waals surface area contributed by atoms with Crippen molar-refractivity contribution in [2.24, 2.45) is 11.8 Å². The lowest BCUT2D eigenvalue weighted by Gasteiger charge is -2.49. The van der Waals surface area contributed by atoms with Gasteiger partial charge in [0.1, 0.15) is 0 Å². The molecule has 4 nitrogen and oxygen atoms in total. The number of carboxylic acids is 1. The number of aliphatic carboxylic acids is 1. The molecule has 0 bridgehead atoms. The van der Waals surface area contributed by atoms with Crippen molar-refractivity contribution in [3.63, 3.8) is 0 Å². The van der Waals surface area contributed by atoms with Crippen LogP contribution in [0.1, 0.15) is 55.6 Å². The van der Waals surface area contributed by atoms with E-state index in [0.29, 0.717) is 6.61 Å². The van der Waals surface area contributed by atoms with Gasteiger partial charge in [0.05, 0.1) is 18.4 Å². The number of carbonyl (C=O) groups is 2. The van der Waals surface area contributed by atoms with Crippen molar-refractivity contribution < 1.29 is 19.4 Å². The zero-order valence-electron chi connectivity index (χ0n) is 16.3. The molecule has 0 spiro atoms. The van der Waals surface area contributed by atoms with Crippen molar-refractivity contribution in [3.05, 3.63) is 71.8 Å². The Balaban J connectivity index is 1.84. The Morgan fingerprint density at radius 2 is 1.36 bits per heavy atom. The molecular formula is C24H28O4. The van der Waals surface area contributed by atoms with Gasteiger partial charge in [0, 0.05) is 11.8 Å². The van der Waals surface area contributed by atoms with Gasteiger partial charge in [-0.1, -0.05) is 86.8 Å². The Bertz CT molecular complexity index is 724. The van der Waals surface area contributed by atoms with Crippen LogP contribution >= 0.6 is 0 Å². The lowest BCUT2D eigenvalue weighted by atomic mass is 9.52. The molecule has 0 saturated heterocycles. The maximum absolute atomic E-state index is 13.0. The molecule has 0 radical (unpaired) electrons. The number of carboxylic acid groups (broad SMARTS) is 1. The molecule has 0 aliphatic heterocycles. The van der Waals surface area contributed by atoms with E-state index in [1.807, 2.05) is 60.7 Å². The highest BCUT2D eigenvalue weighted by Crippen LogP contribution is 2.58. The topological polar surface area (TPSA) is 63.6 Å². The Kier molecular flexibility index (Phi) is 6.85. The van der Waals surface area contributed by atoms with E-state index in [0.717, 1.165) is 36.8 Å². The van der Waals surface area contributed by atoms with Gasteiger partial charge in [0.25, 0.3) is 0 Å². The van der Waals surface area contributed by atoms with Crippen molar-refractivity contribution in [1.82, 2.24) is 0 Å². The smallest absolute Gasteiger partial charge is 0.310 e. The van der Waals surface area contributed by atoms with Gasteiger partial charge < -0.3 is 9.84 Å². The fourth-order valence-corrected chi connectivity index (χ4v) is 4.33. The lowest BCUT2D eigenvalue weighted by molar-refractivity contribution is -0.164. The highest BCUT2D eigenvalue weighted by Gasteiger charge is 2.59. The summed E-state index contributed by atoms with van der Waals surface area (Å²) in [5.41, 5.74) is 1.77. The van der Waals surface area contributed by atoms with E-state index in [1.54, 1.807) is 0 Å². The summed E-state index contributed by atoms with van der Waals surface area (Å²) in [5.74, 6) is -3.00. The first-order chi connectivity index (χ1) is 13.6. The molecule has 1 N–H and O–H groups in total. The van der Waals surface area contributed by atoms with Gasteiger partial charge >= 0.3 is 11.9 Å². The van der Waals surface area contributed by atoms with Crippen molar-refractivity contribution in [2.75, 3.05) is 6.61 Å². The lowest BCUT2D eigenvalue weighted by Crippen LogP contribution is -2.51. The zero-order valence-corrected chi connectivity index (χ0v) is 16.3. The van der Waals surface area contributed by atoms with Crippen LogP contribution in [0.2, 0.25) is 0 Å². The van der Waals surface area contributed by atoms with Gasteiger partial charge in [-0.25, -0.2) is 0 Å². The van der Waals surface area contributed by atoms with E-state index >= 15 is 0 Å². The molecule has 3 rings (SSSR count).